The Kier molecular flexibility index (Phi) is 6.09. The van der Waals surface area contributed by atoms with Gasteiger partial charge in [0, 0.05) is 12.6 Å². The van der Waals surface area contributed by atoms with E-state index in [9.17, 15) is 10.1 Å². The third kappa shape index (κ3) is 4.07. The first-order valence-corrected chi connectivity index (χ1v) is 10.5. The van der Waals surface area contributed by atoms with E-state index >= 15 is 0 Å². The van der Waals surface area contributed by atoms with Gasteiger partial charge in [0.05, 0.1) is 11.3 Å². The molecule has 1 heterocycles. The minimum Gasteiger partial charge on any atom is -0.411 e. The highest BCUT2D eigenvalue weighted by atomic mass is 32.2. The molecule has 1 atom stereocenters. The molecule has 0 aliphatic heterocycles. The van der Waals surface area contributed by atoms with Crippen molar-refractivity contribution in [3.63, 3.8) is 0 Å². The van der Waals surface area contributed by atoms with Crippen molar-refractivity contribution in [2.45, 2.75) is 68.9 Å². The van der Waals surface area contributed by atoms with Crippen molar-refractivity contribution >= 4 is 17.7 Å². The SMILES string of the molecule is Cc1ccc(-c2nnc(S[C@@H](C)C(=O)N(C)C3(C#N)CCCCC3)o2)cc1C. The molecule has 0 N–H and O–H groups in total. The summed E-state index contributed by atoms with van der Waals surface area (Å²) in [5.41, 5.74) is 2.53. The van der Waals surface area contributed by atoms with Gasteiger partial charge in [-0.3, -0.25) is 4.79 Å². The number of aromatic nitrogens is 2. The molecular weight excluding hydrogens is 372 g/mol. The van der Waals surface area contributed by atoms with Crippen LogP contribution in [-0.4, -0.2) is 38.8 Å². The lowest BCUT2D eigenvalue weighted by molar-refractivity contribution is -0.133. The molecule has 148 valence electrons. The number of carbonyl (C=O) groups is 1. The summed E-state index contributed by atoms with van der Waals surface area (Å²) >= 11 is 1.24. The van der Waals surface area contributed by atoms with Crippen LogP contribution in [0, 0.1) is 25.2 Å². The number of amides is 1. The van der Waals surface area contributed by atoms with E-state index in [1.54, 1.807) is 11.9 Å². The summed E-state index contributed by atoms with van der Waals surface area (Å²) in [7, 11) is 1.74. The van der Waals surface area contributed by atoms with E-state index in [0.29, 0.717) is 11.1 Å². The number of carbonyl (C=O) groups excluding carboxylic acids is 1. The minimum atomic E-state index is -0.691. The summed E-state index contributed by atoms with van der Waals surface area (Å²) < 4.78 is 5.77. The number of thioether (sulfide) groups is 1. The van der Waals surface area contributed by atoms with Gasteiger partial charge in [-0.1, -0.05) is 37.1 Å². The largest absolute Gasteiger partial charge is 0.411 e. The first kappa shape index (κ1) is 20.4. The van der Waals surface area contributed by atoms with Crippen LogP contribution in [0.3, 0.4) is 0 Å². The molecule has 0 unspecified atom stereocenters. The number of benzene rings is 1. The smallest absolute Gasteiger partial charge is 0.277 e. The third-order valence-electron chi connectivity index (χ3n) is 5.65. The number of hydrogen-bond acceptors (Lipinski definition) is 6. The zero-order valence-corrected chi connectivity index (χ0v) is 17.7. The van der Waals surface area contributed by atoms with Gasteiger partial charge < -0.3 is 9.32 Å². The standard InChI is InChI=1S/C21H26N4O2S/c1-14-8-9-17(12-15(14)2)18-23-24-20(27-18)28-16(3)19(26)25(4)21(13-22)10-6-5-7-11-21/h8-9,12,16H,5-7,10-11H2,1-4H3/t16-/m0/s1. The molecule has 3 rings (SSSR count). The van der Waals surface area contributed by atoms with Crippen molar-refractivity contribution in [3.05, 3.63) is 29.3 Å². The lowest BCUT2D eigenvalue weighted by Gasteiger charge is -2.39. The van der Waals surface area contributed by atoms with Gasteiger partial charge in [0.1, 0.15) is 5.54 Å². The Bertz CT molecular complexity index is 896. The van der Waals surface area contributed by atoms with Crippen LogP contribution in [0.2, 0.25) is 0 Å². The number of rotatable bonds is 5. The molecule has 1 fully saturated rings. The van der Waals surface area contributed by atoms with Crippen LogP contribution in [0.25, 0.3) is 11.5 Å². The van der Waals surface area contributed by atoms with E-state index in [4.69, 9.17) is 4.42 Å². The molecule has 1 aromatic heterocycles. The van der Waals surface area contributed by atoms with Crippen molar-refractivity contribution < 1.29 is 9.21 Å². The highest BCUT2D eigenvalue weighted by Gasteiger charge is 2.40. The first-order chi connectivity index (χ1) is 13.4. The fourth-order valence-electron chi connectivity index (χ4n) is 3.59. The molecule has 2 aromatic rings. The zero-order chi connectivity index (χ0) is 20.3. The van der Waals surface area contributed by atoms with E-state index in [1.165, 1.54) is 17.3 Å². The molecular formula is C21H26N4O2S. The van der Waals surface area contributed by atoms with Gasteiger partial charge in [-0.2, -0.15) is 5.26 Å². The van der Waals surface area contributed by atoms with Crippen molar-refractivity contribution in [2.24, 2.45) is 0 Å². The highest BCUT2D eigenvalue weighted by molar-refractivity contribution is 8.00. The summed E-state index contributed by atoms with van der Waals surface area (Å²) in [4.78, 5) is 14.6. The second-order valence-electron chi connectivity index (χ2n) is 7.53. The molecule has 1 amide bonds. The summed E-state index contributed by atoms with van der Waals surface area (Å²) in [6, 6.07) is 8.38. The van der Waals surface area contributed by atoms with Gasteiger partial charge in [-0.05, 0) is 56.9 Å². The van der Waals surface area contributed by atoms with E-state index in [2.05, 4.69) is 23.2 Å². The molecule has 1 aliphatic rings. The fraction of sp³-hybridized carbons (Fsp3) is 0.524. The summed E-state index contributed by atoms with van der Waals surface area (Å²) in [5, 5.41) is 17.9. The summed E-state index contributed by atoms with van der Waals surface area (Å²) in [6.45, 7) is 5.91. The number of hydrogen-bond donors (Lipinski definition) is 0. The Morgan fingerprint density at radius 1 is 1.25 bits per heavy atom. The molecule has 0 radical (unpaired) electrons. The normalized spacial score (nSPS) is 17.0. The van der Waals surface area contributed by atoms with E-state index in [-0.39, 0.29) is 5.91 Å². The van der Waals surface area contributed by atoms with Crippen molar-refractivity contribution in [3.8, 4) is 17.5 Å². The summed E-state index contributed by atoms with van der Waals surface area (Å²) in [6.07, 6.45) is 4.56. The quantitative estimate of drug-likeness (QED) is 0.689. The monoisotopic (exact) mass is 398 g/mol. The van der Waals surface area contributed by atoms with Crippen LogP contribution in [0.15, 0.2) is 27.8 Å². The van der Waals surface area contributed by atoms with Gasteiger partial charge in [0.15, 0.2) is 0 Å². The Morgan fingerprint density at radius 2 is 1.96 bits per heavy atom. The number of nitriles is 1. The Labute approximate surface area is 170 Å². The topological polar surface area (TPSA) is 83.0 Å². The predicted molar refractivity (Wildman–Crippen MR) is 109 cm³/mol. The maximum absolute atomic E-state index is 12.9. The van der Waals surface area contributed by atoms with Crippen LogP contribution in [0.5, 0.6) is 0 Å². The molecule has 1 aromatic carbocycles. The number of nitrogens with zero attached hydrogens (tertiary/aromatic N) is 4. The maximum atomic E-state index is 12.9. The van der Waals surface area contributed by atoms with Crippen LogP contribution >= 0.6 is 11.8 Å². The predicted octanol–water partition coefficient (Wildman–Crippen LogP) is 4.52. The molecule has 6 nitrogen and oxygen atoms in total. The zero-order valence-electron chi connectivity index (χ0n) is 16.9. The average Bonchev–Trinajstić information content (AvgIpc) is 3.17. The molecule has 1 aliphatic carbocycles. The Hall–Kier alpha value is -2.33. The molecule has 28 heavy (non-hydrogen) atoms. The fourth-order valence-corrected chi connectivity index (χ4v) is 4.37. The van der Waals surface area contributed by atoms with Crippen LogP contribution < -0.4 is 0 Å². The minimum absolute atomic E-state index is 0.0839. The molecule has 0 spiro atoms. The van der Waals surface area contributed by atoms with E-state index in [0.717, 1.165) is 43.2 Å². The Morgan fingerprint density at radius 3 is 2.61 bits per heavy atom. The van der Waals surface area contributed by atoms with Gasteiger partial charge in [0.2, 0.25) is 11.8 Å². The molecule has 1 saturated carbocycles. The lowest BCUT2D eigenvalue weighted by Crippen LogP contribution is -2.52. The van der Waals surface area contributed by atoms with Crippen molar-refractivity contribution in [1.82, 2.24) is 15.1 Å². The van der Waals surface area contributed by atoms with Gasteiger partial charge in [-0.25, -0.2) is 0 Å². The molecule has 0 bridgehead atoms. The van der Waals surface area contributed by atoms with Crippen LogP contribution in [0.4, 0.5) is 0 Å². The average molecular weight is 399 g/mol. The third-order valence-corrected chi connectivity index (χ3v) is 6.57. The second kappa shape index (κ2) is 8.36. The highest BCUT2D eigenvalue weighted by Crippen LogP contribution is 2.35. The van der Waals surface area contributed by atoms with Crippen molar-refractivity contribution in [1.29, 1.82) is 5.26 Å². The van der Waals surface area contributed by atoms with Gasteiger partial charge in [-0.15, -0.1) is 10.2 Å². The van der Waals surface area contributed by atoms with E-state index in [1.807, 2.05) is 32.0 Å². The Balaban J connectivity index is 1.70. The van der Waals surface area contributed by atoms with Crippen LogP contribution in [0.1, 0.15) is 50.2 Å². The second-order valence-corrected chi connectivity index (χ2v) is 8.83. The van der Waals surface area contributed by atoms with Crippen molar-refractivity contribution in [2.75, 3.05) is 7.05 Å². The molecule has 7 heteroatoms. The number of aryl methyl sites for hydroxylation is 2. The molecule has 0 saturated heterocycles. The van der Waals surface area contributed by atoms with Crippen LogP contribution in [-0.2, 0) is 4.79 Å². The lowest BCUT2D eigenvalue weighted by atomic mass is 9.81. The first-order valence-electron chi connectivity index (χ1n) is 9.63. The van der Waals surface area contributed by atoms with Gasteiger partial charge >= 0.3 is 0 Å². The van der Waals surface area contributed by atoms with E-state index < -0.39 is 10.8 Å². The summed E-state index contributed by atoms with van der Waals surface area (Å²) in [5.74, 6) is 0.360. The van der Waals surface area contributed by atoms with Gasteiger partial charge in [0.25, 0.3) is 5.22 Å². The maximum Gasteiger partial charge on any atom is 0.277 e.